The van der Waals surface area contributed by atoms with Crippen LogP contribution in [0.25, 0.3) is 0 Å². The van der Waals surface area contributed by atoms with E-state index in [0.717, 1.165) is 30.0 Å². The molecule has 0 unspecified atom stereocenters. The third-order valence-electron chi connectivity index (χ3n) is 5.70. The summed E-state index contributed by atoms with van der Waals surface area (Å²) in [5.41, 5.74) is 9.78. The van der Waals surface area contributed by atoms with Gasteiger partial charge in [0.05, 0.1) is 20.8 Å². The Balaban J connectivity index is 0.00000363. The lowest BCUT2D eigenvalue weighted by molar-refractivity contribution is 0.277. The van der Waals surface area contributed by atoms with Gasteiger partial charge in [0.2, 0.25) is 0 Å². The Bertz CT molecular complexity index is 852. The van der Waals surface area contributed by atoms with Gasteiger partial charge in [0.15, 0.2) is 17.5 Å². The van der Waals surface area contributed by atoms with E-state index in [2.05, 4.69) is 39.5 Å². The zero-order valence-corrected chi connectivity index (χ0v) is 21.6. The molecule has 0 radical (unpaired) electrons. The lowest BCUT2D eigenvalue weighted by Crippen LogP contribution is -2.33. The summed E-state index contributed by atoms with van der Waals surface area (Å²) in [5.74, 6) is 1.94. The van der Waals surface area contributed by atoms with E-state index in [-0.39, 0.29) is 24.0 Å². The van der Waals surface area contributed by atoms with Crippen molar-refractivity contribution in [2.24, 2.45) is 10.7 Å². The van der Waals surface area contributed by atoms with E-state index in [4.69, 9.17) is 15.2 Å². The third-order valence-corrected chi connectivity index (χ3v) is 5.70. The average molecular weight is 553 g/mol. The van der Waals surface area contributed by atoms with Crippen molar-refractivity contribution in [2.45, 2.75) is 45.2 Å². The van der Waals surface area contributed by atoms with Crippen molar-refractivity contribution in [3.63, 3.8) is 0 Å². The maximum absolute atomic E-state index is 6.08. The maximum Gasteiger partial charge on any atom is 0.188 e. The summed E-state index contributed by atoms with van der Waals surface area (Å²) in [7, 11) is 3.29. The fraction of sp³-hybridized carbons (Fsp3) is 0.480. The third kappa shape index (κ3) is 8.50. The minimum atomic E-state index is 0. The van der Waals surface area contributed by atoms with Gasteiger partial charge in [-0.2, -0.15) is 0 Å². The summed E-state index contributed by atoms with van der Waals surface area (Å²) in [6.45, 7) is 4.73. The van der Waals surface area contributed by atoms with Crippen molar-refractivity contribution in [2.75, 3.05) is 33.9 Å². The van der Waals surface area contributed by atoms with Crippen molar-refractivity contribution in [1.29, 1.82) is 0 Å². The molecule has 6 nitrogen and oxygen atoms in total. The summed E-state index contributed by atoms with van der Waals surface area (Å²) in [5, 5.41) is 3.20. The first kappa shape index (κ1) is 26.3. The molecule has 0 atom stereocenters. The fourth-order valence-electron chi connectivity index (χ4n) is 3.98. The van der Waals surface area contributed by atoms with Gasteiger partial charge in [-0.25, -0.2) is 4.99 Å². The Hall–Kier alpha value is -2.00. The number of benzene rings is 2. The van der Waals surface area contributed by atoms with E-state index >= 15 is 0 Å². The van der Waals surface area contributed by atoms with E-state index in [0.29, 0.717) is 19.0 Å². The molecule has 1 fully saturated rings. The predicted molar refractivity (Wildman–Crippen MR) is 142 cm³/mol. The Kier molecular flexibility index (Phi) is 11.7. The van der Waals surface area contributed by atoms with Gasteiger partial charge in [-0.05, 0) is 61.2 Å². The molecule has 32 heavy (non-hydrogen) atoms. The normalized spacial score (nSPS) is 14.9. The number of methoxy groups -OCH3 is 2. The van der Waals surface area contributed by atoms with Crippen LogP contribution < -0.4 is 20.5 Å². The smallest absolute Gasteiger partial charge is 0.188 e. The Labute approximate surface area is 209 Å². The van der Waals surface area contributed by atoms with Crippen molar-refractivity contribution >= 4 is 29.9 Å². The molecule has 0 spiro atoms. The quantitative estimate of drug-likeness (QED) is 0.275. The topological polar surface area (TPSA) is 72.1 Å². The van der Waals surface area contributed by atoms with Crippen LogP contribution in [0.5, 0.6) is 11.5 Å². The number of aliphatic imine (C=N–C) groups is 1. The van der Waals surface area contributed by atoms with Crippen molar-refractivity contribution in [3.8, 4) is 11.5 Å². The highest BCUT2D eigenvalue weighted by molar-refractivity contribution is 14.0. The molecule has 1 aliphatic rings. The first-order chi connectivity index (χ1) is 15.2. The molecular weight excluding hydrogens is 515 g/mol. The van der Waals surface area contributed by atoms with Gasteiger partial charge in [0, 0.05) is 13.1 Å². The van der Waals surface area contributed by atoms with Gasteiger partial charge in [-0.3, -0.25) is 4.90 Å². The van der Waals surface area contributed by atoms with Crippen LogP contribution >= 0.6 is 24.0 Å². The van der Waals surface area contributed by atoms with Gasteiger partial charge in [0.1, 0.15) is 0 Å². The summed E-state index contributed by atoms with van der Waals surface area (Å²) in [4.78, 5) is 7.08. The number of halogens is 1. The fourth-order valence-corrected chi connectivity index (χ4v) is 3.98. The average Bonchev–Trinajstić information content (AvgIpc) is 3.06. The zero-order chi connectivity index (χ0) is 21.9. The number of rotatable bonds is 9. The first-order valence-corrected chi connectivity index (χ1v) is 11.2. The number of likely N-dealkylation sites (tertiary alicyclic amines) is 1. The second kappa shape index (κ2) is 14.2. The summed E-state index contributed by atoms with van der Waals surface area (Å²) < 4.78 is 10.6. The lowest BCUT2D eigenvalue weighted by atomic mass is 10.1. The molecule has 1 saturated heterocycles. The predicted octanol–water partition coefficient (Wildman–Crippen LogP) is 4.34. The molecule has 1 heterocycles. The summed E-state index contributed by atoms with van der Waals surface area (Å²) in [6.07, 6.45) is 6.18. The van der Waals surface area contributed by atoms with E-state index in [1.165, 1.54) is 49.9 Å². The van der Waals surface area contributed by atoms with Crippen LogP contribution in [0.15, 0.2) is 47.5 Å². The van der Waals surface area contributed by atoms with Gasteiger partial charge in [-0.15, -0.1) is 24.0 Å². The number of hydrogen-bond acceptors (Lipinski definition) is 4. The molecule has 3 N–H and O–H groups in total. The molecule has 0 aliphatic carbocycles. The van der Waals surface area contributed by atoms with Crippen LogP contribution in [0, 0.1) is 0 Å². The highest BCUT2D eigenvalue weighted by Crippen LogP contribution is 2.27. The van der Waals surface area contributed by atoms with Crippen LogP contribution in [-0.4, -0.2) is 44.7 Å². The minimum absolute atomic E-state index is 0. The molecule has 7 heteroatoms. The largest absolute Gasteiger partial charge is 0.493 e. The number of guanidine groups is 1. The summed E-state index contributed by atoms with van der Waals surface area (Å²) >= 11 is 0. The van der Waals surface area contributed by atoms with E-state index < -0.39 is 0 Å². The first-order valence-electron chi connectivity index (χ1n) is 11.2. The standard InChI is InChI=1S/C25H36N4O2.HI/c1-30-23-11-10-20(17-24(23)31-2)12-13-27-25(26)28-18-21-8-7-9-22(16-21)19-29-14-5-3-4-6-15-29;/h7-11,16-17H,3-6,12-15,18-19H2,1-2H3,(H3,26,27,28);1H. The van der Waals surface area contributed by atoms with Gasteiger partial charge < -0.3 is 20.5 Å². The molecule has 1 aliphatic heterocycles. The Morgan fingerprint density at radius 1 is 0.938 bits per heavy atom. The summed E-state index contributed by atoms with van der Waals surface area (Å²) in [6, 6.07) is 14.7. The van der Waals surface area contributed by atoms with Crippen LogP contribution in [0.2, 0.25) is 0 Å². The number of ether oxygens (including phenoxy) is 2. The van der Waals surface area contributed by atoms with Crippen molar-refractivity contribution in [1.82, 2.24) is 10.2 Å². The van der Waals surface area contributed by atoms with Gasteiger partial charge >= 0.3 is 0 Å². The molecular formula is C25H37IN4O2. The van der Waals surface area contributed by atoms with Gasteiger partial charge in [0.25, 0.3) is 0 Å². The van der Waals surface area contributed by atoms with Crippen molar-refractivity contribution in [3.05, 3.63) is 59.2 Å². The van der Waals surface area contributed by atoms with E-state index in [1.54, 1.807) is 14.2 Å². The Morgan fingerprint density at radius 3 is 2.38 bits per heavy atom. The SMILES string of the molecule is COc1ccc(CCNC(N)=NCc2cccc(CN3CCCCCC3)c2)cc1OC.I. The number of nitrogens with two attached hydrogens (primary N) is 1. The van der Waals surface area contributed by atoms with E-state index in [9.17, 15) is 0 Å². The number of hydrogen-bond donors (Lipinski definition) is 2. The highest BCUT2D eigenvalue weighted by atomic mass is 127. The minimum Gasteiger partial charge on any atom is -0.493 e. The number of nitrogens with zero attached hydrogens (tertiary/aromatic N) is 2. The zero-order valence-electron chi connectivity index (χ0n) is 19.3. The van der Waals surface area contributed by atoms with Crippen LogP contribution in [0.4, 0.5) is 0 Å². The second-order valence-corrected chi connectivity index (χ2v) is 8.08. The molecule has 0 amide bonds. The van der Waals surface area contributed by atoms with Crippen LogP contribution in [-0.2, 0) is 19.5 Å². The second-order valence-electron chi connectivity index (χ2n) is 8.08. The molecule has 2 aromatic rings. The molecule has 0 bridgehead atoms. The molecule has 3 rings (SSSR count). The molecule has 0 aromatic heterocycles. The van der Waals surface area contributed by atoms with E-state index in [1.807, 2.05) is 18.2 Å². The molecule has 0 saturated carbocycles. The molecule has 176 valence electrons. The monoisotopic (exact) mass is 552 g/mol. The lowest BCUT2D eigenvalue weighted by Gasteiger charge is -2.20. The maximum atomic E-state index is 6.08. The number of nitrogens with one attached hydrogen (secondary N) is 1. The Morgan fingerprint density at radius 2 is 1.66 bits per heavy atom. The highest BCUT2D eigenvalue weighted by Gasteiger charge is 2.09. The van der Waals surface area contributed by atoms with Crippen molar-refractivity contribution < 1.29 is 9.47 Å². The van der Waals surface area contributed by atoms with Gasteiger partial charge in [-0.1, -0.05) is 43.2 Å². The molecule has 2 aromatic carbocycles. The van der Waals surface area contributed by atoms with Crippen LogP contribution in [0.1, 0.15) is 42.4 Å². The van der Waals surface area contributed by atoms with Crippen LogP contribution in [0.3, 0.4) is 0 Å².